The molecule has 0 amide bonds. The maximum atomic E-state index is 10.6. The van der Waals surface area contributed by atoms with Crippen molar-refractivity contribution >= 4 is 5.97 Å². The minimum atomic E-state index is -0.887. The molecule has 0 radical (unpaired) electrons. The second kappa shape index (κ2) is 5.89. The van der Waals surface area contributed by atoms with Crippen molar-refractivity contribution < 1.29 is 9.90 Å². The number of aromatic nitrogens is 1. The first-order chi connectivity index (χ1) is 7.61. The fourth-order valence-electron chi connectivity index (χ4n) is 1.31. The van der Waals surface area contributed by atoms with Gasteiger partial charge in [-0.05, 0) is 18.6 Å². The van der Waals surface area contributed by atoms with E-state index < -0.39 is 5.97 Å². The van der Waals surface area contributed by atoms with Crippen LogP contribution in [-0.4, -0.2) is 34.0 Å². The maximum Gasteiger partial charge on any atom is 0.317 e. The van der Waals surface area contributed by atoms with E-state index in [-0.39, 0.29) is 6.54 Å². The number of hydrogen-bond donors (Lipinski definition) is 1. The van der Waals surface area contributed by atoms with Gasteiger partial charge in [-0.25, -0.2) is 0 Å². The summed E-state index contributed by atoms with van der Waals surface area (Å²) in [6.45, 7) is 2.64. The molecule has 0 aliphatic heterocycles. The van der Waals surface area contributed by atoms with Crippen molar-refractivity contribution in [3.05, 3.63) is 29.6 Å². The quantitative estimate of drug-likeness (QED) is 0.746. The number of rotatable bonds is 5. The number of pyridine rings is 1. The van der Waals surface area contributed by atoms with Gasteiger partial charge < -0.3 is 5.11 Å². The Morgan fingerprint density at radius 1 is 1.62 bits per heavy atom. The Bertz CT molecular complexity index is 392. The van der Waals surface area contributed by atoms with Gasteiger partial charge >= 0.3 is 5.97 Å². The Balaban J connectivity index is 2.64. The predicted octanol–water partition coefficient (Wildman–Crippen LogP) is 0.910. The number of hydrogen-bond acceptors (Lipinski definition) is 3. The minimum absolute atomic E-state index is 0.0697. The molecule has 0 unspecified atom stereocenters. The average molecular weight is 218 g/mol. The number of carboxylic acids is 1. The lowest BCUT2D eigenvalue weighted by Gasteiger charge is -2.16. The van der Waals surface area contributed by atoms with Gasteiger partial charge in [-0.1, -0.05) is 12.0 Å². The first-order valence-electron chi connectivity index (χ1n) is 4.91. The summed E-state index contributed by atoms with van der Waals surface area (Å²) in [5, 5.41) is 8.70. The van der Waals surface area contributed by atoms with Crippen LogP contribution in [0.2, 0.25) is 0 Å². The first kappa shape index (κ1) is 12.2. The second-order valence-electron chi connectivity index (χ2n) is 3.57. The summed E-state index contributed by atoms with van der Waals surface area (Å²) in [5.41, 5.74) is 1.90. The summed E-state index contributed by atoms with van der Waals surface area (Å²) in [7, 11) is 0. The molecule has 0 aliphatic carbocycles. The van der Waals surface area contributed by atoms with E-state index in [0.717, 1.165) is 11.3 Å². The van der Waals surface area contributed by atoms with Crippen LogP contribution in [-0.2, 0) is 11.3 Å². The number of carbonyl (C=O) groups is 1. The Labute approximate surface area is 94.9 Å². The number of nitrogens with zero attached hydrogens (tertiary/aromatic N) is 2. The third-order valence-corrected chi connectivity index (χ3v) is 2.03. The smallest absolute Gasteiger partial charge is 0.317 e. The van der Waals surface area contributed by atoms with Crippen LogP contribution in [0.1, 0.15) is 11.3 Å². The molecule has 0 aliphatic rings. The Morgan fingerprint density at radius 3 is 2.88 bits per heavy atom. The largest absolute Gasteiger partial charge is 0.480 e. The highest BCUT2D eigenvalue weighted by atomic mass is 16.4. The lowest BCUT2D eigenvalue weighted by atomic mass is 10.2. The van der Waals surface area contributed by atoms with Crippen LogP contribution in [0.3, 0.4) is 0 Å². The second-order valence-corrected chi connectivity index (χ2v) is 3.57. The Kier molecular flexibility index (Phi) is 4.49. The number of aryl methyl sites for hydroxylation is 1. The van der Waals surface area contributed by atoms with Gasteiger partial charge in [-0.2, -0.15) is 0 Å². The lowest BCUT2D eigenvalue weighted by molar-refractivity contribution is -0.138. The molecule has 1 N–H and O–H groups in total. The molecule has 4 heteroatoms. The fourth-order valence-corrected chi connectivity index (χ4v) is 1.31. The highest BCUT2D eigenvalue weighted by Crippen LogP contribution is 2.02. The number of carboxylic acid groups (broad SMARTS) is 1. The van der Waals surface area contributed by atoms with Gasteiger partial charge in [0.1, 0.15) is 0 Å². The monoisotopic (exact) mass is 218 g/mol. The molecule has 0 bridgehead atoms. The molecule has 1 heterocycles. The summed E-state index contributed by atoms with van der Waals surface area (Å²) in [6.07, 6.45) is 6.93. The molecule has 4 nitrogen and oxygen atoms in total. The van der Waals surface area contributed by atoms with Gasteiger partial charge in [0.05, 0.1) is 18.8 Å². The van der Waals surface area contributed by atoms with E-state index >= 15 is 0 Å². The zero-order valence-corrected chi connectivity index (χ0v) is 9.18. The van der Waals surface area contributed by atoms with Crippen molar-refractivity contribution in [3.63, 3.8) is 0 Å². The van der Waals surface area contributed by atoms with Crippen LogP contribution in [0.5, 0.6) is 0 Å². The summed E-state index contributed by atoms with van der Waals surface area (Å²) in [4.78, 5) is 16.5. The van der Waals surface area contributed by atoms with Crippen LogP contribution in [0.15, 0.2) is 18.3 Å². The summed E-state index contributed by atoms with van der Waals surface area (Å²) in [5.74, 6) is 1.55. The van der Waals surface area contributed by atoms with Crippen molar-refractivity contribution in [2.75, 3.05) is 13.1 Å². The highest BCUT2D eigenvalue weighted by Gasteiger charge is 2.09. The molecular formula is C12H14N2O2. The molecule has 0 saturated heterocycles. The molecule has 0 fully saturated rings. The van der Waals surface area contributed by atoms with Gasteiger partial charge in [0.25, 0.3) is 0 Å². The summed E-state index contributed by atoms with van der Waals surface area (Å²) in [6, 6.07) is 3.82. The zero-order chi connectivity index (χ0) is 12.0. The van der Waals surface area contributed by atoms with Crippen molar-refractivity contribution in [1.29, 1.82) is 0 Å². The molecular weight excluding hydrogens is 204 g/mol. The van der Waals surface area contributed by atoms with E-state index in [1.54, 1.807) is 11.1 Å². The first-order valence-corrected chi connectivity index (χ1v) is 4.91. The minimum Gasteiger partial charge on any atom is -0.480 e. The molecule has 1 rings (SSSR count). The van der Waals surface area contributed by atoms with Crippen LogP contribution < -0.4 is 0 Å². The SMILES string of the molecule is C#CCN(CC(=O)O)Cc1ccc(C)cn1. The average Bonchev–Trinajstić information content (AvgIpc) is 2.21. The van der Waals surface area contributed by atoms with Crippen LogP contribution in [0, 0.1) is 19.3 Å². The molecule has 0 spiro atoms. The van der Waals surface area contributed by atoms with Gasteiger partial charge in [0, 0.05) is 12.7 Å². The van der Waals surface area contributed by atoms with Gasteiger partial charge in [-0.3, -0.25) is 14.7 Å². The summed E-state index contributed by atoms with van der Waals surface area (Å²) < 4.78 is 0. The Morgan fingerprint density at radius 2 is 2.38 bits per heavy atom. The molecule has 1 aromatic rings. The van der Waals surface area contributed by atoms with Gasteiger partial charge in [-0.15, -0.1) is 6.42 Å². The lowest BCUT2D eigenvalue weighted by Crippen LogP contribution is -2.30. The van der Waals surface area contributed by atoms with Crippen LogP contribution in [0.25, 0.3) is 0 Å². The molecule has 16 heavy (non-hydrogen) atoms. The zero-order valence-electron chi connectivity index (χ0n) is 9.18. The molecule has 84 valence electrons. The van der Waals surface area contributed by atoms with E-state index in [1.807, 2.05) is 19.1 Å². The topological polar surface area (TPSA) is 53.4 Å². The van der Waals surface area contributed by atoms with E-state index in [9.17, 15) is 4.79 Å². The molecule has 0 atom stereocenters. The van der Waals surface area contributed by atoms with Crippen molar-refractivity contribution in [2.45, 2.75) is 13.5 Å². The Hall–Kier alpha value is -1.86. The van der Waals surface area contributed by atoms with Gasteiger partial charge in [0.2, 0.25) is 0 Å². The highest BCUT2D eigenvalue weighted by molar-refractivity contribution is 5.69. The standard InChI is InChI=1S/C12H14N2O2/c1-3-6-14(9-12(15)16)8-11-5-4-10(2)7-13-11/h1,4-5,7H,6,8-9H2,2H3,(H,15,16). The van der Waals surface area contributed by atoms with E-state index in [0.29, 0.717) is 13.1 Å². The van der Waals surface area contributed by atoms with Gasteiger partial charge in [0.15, 0.2) is 0 Å². The predicted molar refractivity (Wildman–Crippen MR) is 60.7 cm³/mol. The third kappa shape index (κ3) is 4.11. The van der Waals surface area contributed by atoms with E-state index in [4.69, 9.17) is 11.5 Å². The van der Waals surface area contributed by atoms with Crippen LogP contribution >= 0.6 is 0 Å². The number of aliphatic carboxylic acids is 1. The maximum absolute atomic E-state index is 10.6. The van der Waals surface area contributed by atoms with E-state index in [1.165, 1.54) is 0 Å². The third-order valence-electron chi connectivity index (χ3n) is 2.03. The van der Waals surface area contributed by atoms with E-state index in [2.05, 4.69) is 10.9 Å². The molecule has 1 aromatic heterocycles. The normalized spacial score (nSPS) is 10.1. The molecule has 0 aromatic carbocycles. The number of terminal acetylenes is 1. The fraction of sp³-hybridized carbons (Fsp3) is 0.333. The van der Waals surface area contributed by atoms with Crippen LogP contribution in [0.4, 0.5) is 0 Å². The van der Waals surface area contributed by atoms with Crippen molar-refractivity contribution in [1.82, 2.24) is 9.88 Å². The van der Waals surface area contributed by atoms with Crippen molar-refractivity contribution in [2.24, 2.45) is 0 Å². The van der Waals surface area contributed by atoms with Crippen molar-refractivity contribution in [3.8, 4) is 12.3 Å². The summed E-state index contributed by atoms with van der Waals surface area (Å²) >= 11 is 0. The molecule has 0 saturated carbocycles.